The van der Waals surface area contributed by atoms with Crippen LogP contribution in [-0.4, -0.2) is 24.6 Å². The van der Waals surface area contributed by atoms with Gasteiger partial charge < -0.3 is 14.2 Å². The summed E-state index contributed by atoms with van der Waals surface area (Å²) in [7, 11) is 3.14. The summed E-state index contributed by atoms with van der Waals surface area (Å²) in [5, 5.41) is 11.3. The molecular weight excluding hydrogens is 586 g/mol. The van der Waals surface area contributed by atoms with E-state index in [0.717, 1.165) is 27.5 Å². The van der Waals surface area contributed by atoms with E-state index in [1.54, 1.807) is 50.0 Å². The van der Waals surface area contributed by atoms with Crippen molar-refractivity contribution in [2.45, 2.75) is 26.5 Å². The van der Waals surface area contributed by atoms with Gasteiger partial charge >= 0.3 is 0 Å². The molecule has 0 amide bonds. The number of rotatable bonds is 8. The minimum atomic E-state index is -0.719. The number of Topliss-reactive ketones (excluding diaryl/α,β-unsaturated/α-hetero) is 1. The second-order valence-corrected chi connectivity index (χ2v) is 11.5. The van der Waals surface area contributed by atoms with E-state index in [1.165, 1.54) is 18.3 Å². The molecule has 0 saturated heterocycles. The van der Waals surface area contributed by atoms with E-state index in [9.17, 15) is 14.9 Å². The van der Waals surface area contributed by atoms with Crippen LogP contribution < -0.4 is 29.1 Å². The lowest BCUT2D eigenvalue weighted by Gasteiger charge is -2.27. The Hall–Kier alpha value is -5.46. The van der Waals surface area contributed by atoms with Gasteiger partial charge in [0, 0.05) is 22.4 Å². The fourth-order valence-electron chi connectivity index (χ4n) is 5.73. The summed E-state index contributed by atoms with van der Waals surface area (Å²) in [6, 6.07) is 25.8. The summed E-state index contributed by atoms with van der Waals surface area (Å²) < 4.78 is 19.5. The summed E-state index contributed by atoms with van der Waals surface area (Å²) in [5.41, 5.74) is 3.53. The molecule has 0 spiro atoms. The molecule has 0 aliphatic carbocycles. The molecule has 6 rings (SSSR count). The highest BCUT2D eigenvalue weighted by Gasteiger charge is 2.33. The molecule has 45 heavy (non-hydrogen) atoms. The number of carbonyl (C=O) groups excluding carboxylic acids is 1. The zero-order valence-electron chi connectivity index (χ0n) is 25.2. The molecule has 0 unspecified atom stereocenters. The third kappa shape index (κ3) is 5.41. The first-order chi connectivity index (χ1) is 21.8. The molecule has 1 aliphatic rings. The summed E-state index contributed by atoms with van der Waals surface area (Å²) in [5.74, 6) is 1.41. The Balaban J connectivity index is 1.46. The Morgan fingerprint density at radius 2 is 1.73 bits per heavy atom. The number of carbonyl (C=O) groups is 1. The monoisotopic (exact) mass is 615 g/mol. The van der Waals surface area contributed by atoms with E-state index >= 15 is 0 Å². The van der Waals surface area contributed by atoms with Gasteiger partial charge in [0.15, 0.2) is 22.1 Å². The summed E-state index contributed by atoms with van der Waals surface area (Å²) in [6.07, 6.45) is 1.78. The van der Waals surface area contributed by atoms with Crippen molar-refractivity contribution >= 4 is 34.0 Å². The summed E-state index contributed by atoms with van der Waals surface area (Å²) >= 11 is 1.26. The van der Waals surface area contributed by atoms with Crippen LogP contribution in [0.3, 0.4) is 0 Å². The van der Waals surface area contributed by atoms with Gasteiger partial charge in [-0.3, -0.25) is 14.2 Å². The highest BCUT2D eigenvalue weighted by molar-refractivity contribution is 7.07. The topological polar surface area (TPSA) is 103 Å². The van der Waals surface area contributed by atoms with Crippen molar-refractivity contribution in [3.05, 3.63) is 132 Å². The minimum absolute atomic E-state index is 0.164. The van der Waals surface area contributed by atoms with E-state index < -0.39 is 6.04 Å². The van der Waals surface area contributed by atoms with Crippen LogP contribution in [0.2, 0.25) is 0 Å². The molecule has 1 aliphatic heterocycles. The van der Waals surface area contributed by atoms with Gasteiger partial charge in [-0.05, 0) is 60.5 Å². The molecule has 2 heterocycles. The fraction of sp³-hybridized carbons (Fsp3) is 0.167. The highest BCUT2D eigenvalue weighted by Crippen LogP contribution is 2.40. The summed E-state index contributed by atoms with van der Waals surface area (Å²) in [6.45, 7) is 3.51. The number of nitriles is 1. The molecule has 5 aromatic rings. The first-order valence-electron chi connectivity index (χ1n) is 14.2. The second kappa shape index (κ2) is 12.3. The van der Waals surface area contributed by atoms with Crippen molar-refractivity contribution in [3.63, 3.8) is 0 Å². The van der Waals surface area contributed by atoms with E-state index in [4.69, 9.17) is 19.2 Å². The predicted molar refractivity (Wildman–Crippen MR) is 173 cm³/mol. The fourth-order valence-corrected chi connectivity index (χ4v) is 6.78. The van der Waals surface area contributed by atoms with Crippen molar-refractivity contribution in [1.29, 1.82) is 5.26 Å². The van der Waals surface area contributed by atoms with Gasteiger partial charge in [-0.1, -0.05) is 65.9 Å². The van der Waals surface area contributed by atoms with Crippen LogP contribution in [0.4, 0.5) is 0 Å². The van der Waals surface area contributed by atoms with Gasteiger partial charge in [0.2, 0.25) is 0 Å². The zero-order chi connectivity index (χ0) is 31.7. The van der Waals surface area contributed by atoms with Gasteiger partial charge in [-0.2, -0.15) is 5.26 Å². The van der Waals surface area contributed by atoms with Crippen LogP contribution in [0, 0.1) is 11.3 Å². The molecule has 0 bridgehead atoms. The van der Waals surface area contributed by atoms with Crippen molar-refractivity contribution in [2.75, 3.05) is 14.2 Å². The minimum Gasteiger partial charge on any atom is -0.496 e. The Bertz CT molecular complexity index is 2240. The maximum atomic E-state index is 14.2. The molecule has 1 atom stereocenters. The molecule has 0 saturated carbocycles. The summed E-state index contributed by atoms with van der Waals surface area (Å²) in [4.78, 5) is 32.5. The van der Waals surface area contributed by atoms with Crippen molar-refractivity contribution < 1.29 is 19.0 Å². The smallest absolute Gasteiger partial charge is 0.271 e. The van der Waals surface area contributed by atoms with E-state index in [2.05, 4.69) is 6.07 Å². The molecule has 1 aromatic heterocycles. The van der Waals surface area contributed by atoms with Crippen molar-refractivity contribution in [2.24, 2.45) is 4.99 Å². The van der Waals surface area contributed by atoms with Gasteiger partial charge in [-0.15, -0.1) is 0 Å². The van der Waals surface area contributed by atoms with Crippen LogP contribution >= 0.6 is 11.3 Å². The van der Waals surface area contributed by atoms with Crippen LogP contribution in [-0.2, 0) is 11.4 Å². The molecule has 9 heteroatoms. The second-order valence-electron chi connectivity index (χ2n) is 10.5. The molecular formula is C36H29N3O5S. The SMILES string of the molecule is COc1cc(C=c2sc3n(c2=O)[C@H](c2c(OC)ccc4ccccc24)C(C(C)=O)=C(C)N=3)ccc1OCc1ccccc1C#N. The van der Waals surface area contributed by atoms with Crippen LogP contribution in [0.15, 0.2) is 99.9 Å². The number of thiazole rings is 1. The third-order valence-corrected chi connectivity index (χ3v) is 8.81. The Morgan fingerprint density at radius 3 is 2.49 bits per heavy atom. The molecule has 224 valence electrons. The van der Waals surface area contributed by atoms with Gasteiger partial charge in [-0.25, -0.2) is 4.99 Å². The number of aromatic nitrogens is 1. The van der Waals surface area contributed by atoms with E-state index in [1.807, 2.05) is 60.7 Å². The number of nitrogens with zero attached hydrogens (tertiary/aromatic N) is 3. The molecule has 0 N–H and O–H groups in total. The molecule has 4 aromatic carbocycles. The molecule has 0 fully saturated rings. The van der Waals surface area contributed by atoms with E-state index in [-0.39, 0.29) is 17.9 Å². The maximum absolute atomic E-state index is 14.2. The van der Waals surface area contributed by atoms with Gasteiger partial charge in [0.05, 0.1) is 36.4 Å². The van der Waals surface area contributed by atoms with Gasteiger partial charge in [0.25, 0.3) is 5.56 Å². The quantitative estimate of drug-likeness (QED) is 0.230. The molecule has 8 nitrogen and oxygen atoms in total. The average Bonchev–Trinajstić information content (AvgIpc) is 3.36. The average molecular weight is 616 g/mol. The Labute approximate surface area is 263 Å². The number of methoxy groups -OCH3 is 2. The first kappa shape index (κ1) is 29.6. The number of fused-ring (bicyclic) bond motifs is 2. The lowest BCUT2D eigenvalue weighted by molar-refractivity contribution is -0.114. The maximum Gasteiger partial charge on any atom is 0.271 e. The van der Waals surface area contributed by atoms with Crippen molar-refractivity contribution in [3.8, 4) is 23.3 Å². The Morgan fingerprint density at radius 1 is 1.00 bits per heavy atom. The predicted octanol–water partition coefficient (Wildman–Crippen LogP) is 5.45. The lowest BCUT2D eigenvalue weighted by atomic mass is 9.89. The van der Waals surface area contributed by atoms with Crippen molar-refractivity contribution in [1.82, 2.24) is 4.57 Å². The van der Waals surface area contributed by atoms with Gasteiger partial charge in [0.1, 0.15) is 12.4 Å². The Kier molecular flexibility index (Phi) is 8.07. The first-order valence-corrected chi connectivity index (χ1v) is 15.0. The standard InChI is InChI=1S/C36H29N3O5S/c1-21-32(22(2)40)34(33-27-12-8-7-9-24(27)14-16-29(33)42-3)39-35(41)31(45-36(39)38-21)18-23-13-15-28(30(17-23)43-4)44-20-26-11-6-5-10-25(26)19-37/h5-18,34H,20H2,1-4H3/t34-/m0/s1. The van der Waals surface area contributed by atoms with Crippen LogP contribution in [0.25, 0.3) is 16.8 Å². The number of allylic oxidation sites excluding steroid dienone is 2. The number of ether oxygens (including phenoxy) is 3. The lowest BCUT2D eigenvalue weighted by Crippen LogP contribution is -2.39. The molecule has 0 radical (unpaired) electrons. The zero-order valence-corrected chi connectivity index (χ0v) is 26.0. The number of benzene rings is 4. The largest absolute Gasteiger partial charge is 0.496 e. The number of hydrogen-bond donors (Lipinski definition) is 0. The van der Waals surface area contributed by atoms with Crippen LogP contribution in [0.5, 0.6) is 17.2 Å². The number of ketones is 1. The van der Waals surface area contributed by atoms with E-state index in [0.29, 0.717) is 43.4 Å². The normalized spacial score (nSPS) is 14.5. The third-order valence-electron chi connectivity index (χ3n) is 7.83. The highest BCUT2D eigenvalue weighted by atomic mass is 32.1. The number of hydrogen-bond acceptors (Lipinski definition) is 8. The van der Waals surface area contributed by atoms with Crippen LogP contribution in [0.1, 0.15) is 42.1 Å².